The highest BCUT2D eigenvalue weighted by Crippen LogP contribution is 2.41. The third-order valence-electron chi connectivity index (χ3n) is 3.94. The standard InChI is InChI=1S/C19H20FN3O4S/c1-11-4-5-14(13(20)8-11)22-16-12-9-21-10-15(26-2)17(12)28-18(16)19(25)23-27-7-3-6-24/h4-5,8-10,22,24H,3,6-7H2,1-2H3,(H,23,25). The molecule has 9 heteroatoms. The molecule has 0 radical (unpaired) electrons. The smallest absolute Gasteiger partial charge is 0.287 e. The van der Waals surface area contributed by atoms with Crippen LogP contribution in [0, 0.1) is 12.7 Å². The molecular formula is C19H20FN3O4S. The van der Waals surface area contributed by atoms with Crippen molar-refractivity contribution in [1.82, 2.24) is 10.5 Å². The first-order valence-corrected chi connectivity index (χ1v) is 9.37. The number of carbonyl (C=O) groups excluding carboxylic acids is 1. The van der Waals surface area contributed by atoms with Crippen molar-refractivity contribution in [3.63, 3.8) is 0 Å². The molecule has 7 nitrogen and oxygen atoms in total. The highest BCUT2D eigenvalue weighted by molar-refractivity contribution is 7.22. The lowest BCUT2D eigenvalue weighted by molar-refractivity contribution is 0.0266. The third-order valence-corrected chi connectivity index (χ3v) is 5.16. The summed E-state index contributed by atoms with van der Waals surface area (Å²) in [5.41, 5.74) is 3.79. The Morgan fingerprint density at radius 1 is 1.36 bits per heavy atom. The Hall–Kier alpha value is -2.75. The summed E-state index contributed by atoms with van der Waals surface area (Å²) in [6.45, 7) is 1.93. The van der Waals surface area contributed by atoms with Crippen LogP contribution in [0.25, 0.3) is 10.1 Å². The van der Waals surface area contributed by atoms with Crippen molar-refractivity contribution in [3.8, 4) is 5.75 Å². The molecule has 3 rings (SSSR count). The lowest BCUT2D eigenvalue weighted by atomic mass is 10.2. The molecule has 0 fully saturated rings. The van der Waals surface area contributed by atoms with Gasteiger partial charge in [-0.1, -0.05) is 6.07 Å². The SMILES string of the molecule is COc1cncc2c(Nc3ccc(C)cc3F)c(C(=O)NOCCCO)sc12. The number of aliphatic hydroxyl groups is 1. The van der Waals surface area contributed by atoms with Crippen molar-refractivity contribution >= 4 is 38.7 Å². The second-order valence-corrected chi connectivity index (χ2v) is 7.01. The molecule has 0 aliphatic heterocycles. The Balaban J connectivity index is 2.01. The zero-order valence-electron chi connectivity index (χ0n) is 15.4. The molecule has 1 amide bonds. The number of hydrogen-bond acceptors (Lipinski definition) is 7. The van der Waals surface area contributed by atoms with Crippen LogP contribution >= 0.6 is 11.3 Å². The van der Waals surface area contributed by atoms with Gasteiger partial charge in [0.2, 0.25) is 0 Å². The maximum atomic E-state index is 14.4. The number of benzene rings is 1. The van der Waals surface area contributed by atoms with Crippen LogP contribution < -0.4 is 15.5 Å². The van der Waals surface area contributed by atoms with E-state index in [0.29, 0.717) is 32.8 Å². The van der Waals surface area contributed by atoms with Crippen LogP contribution in [0.3, 0.4) is 0 Å². The van der Waals surface area contributed by atoms with E-state index in [4.69, 9.17) is 14.7 Å². The number of aliphatic hydroxyl groups excluding tert-OH is 1. The van der Waals surface area contributed by atoms with Gasteiger partial charge in [-0.3, -0.25) is 14.6 Å². The van der Waals surface area contributed by atoms with Gasteiger partial charge in [-0.25, -0.2) is 9.87 Å². The molecule has 1 aromatic carbocycles. The van der Waals surface area contributed by atoms with Crippen molar-refractivity contribution in [2.24, 2.45) is 0 Å². The molecule has 0 saturated heterocycles. The van der Waals surface area contributed by atoms with Gasteiger partial charge in [0.15, 0.2) is 5.75 Å². The van der Waals surface area contributed by atoms with Crippen molar-refractivity contribution in [2.75, 3.05) is 25.6 Å². The number of fused-ring (bicyclic) bond motifs is 1. The van der Waals surface area contributed by atoms with E-state index < -0.39 is 11.7 Å². The minimum absolute atomic E-state index is 0.0405. The van der Waals surface area contributed by atoms with Crippen LogP contribution in [0.5, 0.6) is 5.75 Å². The number of carbonyl (C=O) groups is 1. The van der Waals surface area contributed by atoms with E-state index >= 15 is 0 Å². The number of nitrogens with one attached hydrogen (secondary N) is 2. The first-order chi connectivity index (χ1) is 13.5. The summed E-state index contributed by atoms with van der Waals surface area (Å²) in [7, 11) is 1.51. The molecule has 3 N–H and O–H groups in total. The van der Waals surface area contributed by atoms with Crippen LogP contribution in [0.2, 0.25) is 0 Å². The number of anilines is 2. The fraction of sp³-hybridized carbons (Fsp3) is 0.263. The van der Waals surface area contributed by atoms with E-state index in [2.05, 4.69) is 15.8 Å². The molecule has 0 spiro atoms. The maximum Gasteiger partial charge on any atom is 0.287 e. The van der Waals surface area contributed by atoms with Crippen molar-refractivity contribution < 1.29 is 23.9 Å². The second kappa shape index (κ2) is 8.96. The van der Waals surface area contributed by atoms with Gasteiger partial charge in [0, 0.05) is 18.2 Å². The fourth-order valence-electron chi connectivity index (χ4n) is 2.57. The number of nitrogens with zero attached hydrogens (tertiary/aromatic N) is 1. The van der Waals surface area contributed by atoms with E-state index in [1.807, 2.05) is 0 Å². The van der Waals surface area contributed by atoms with Crippen molar-refractivity contribution in [3.05, 3.63) is 46.9 Å². The number of hydrogen-bond donors (Lipinski definition) is 3. The van der Waals surface area contributed by atoms with E-state index in [1.165, 1.54) is 24.5 Å². The summed E-state index contributed by atoms with van der Waals surface area (Å²) in [6, 6.07) is 4.80. The topological polar surface area (TPSA) is 92.7 Å². The molecule has 0 aliphatic rings. The number of amides is 1. The molecule has 0 atom stereocenters. The van der Waals surface area contributed by atoms with Gasteiger partial charge in [0.25, 0.3) is 5.91 Å². The molecule has 0 aliphatic carbocycles. The Morgan fingerprint density at radius 3 is 2.89 bits per heavy atom. The molecular weight excluding hydrogens is 385 g/mol. The fourth-order valence-corrected chi connectivity index (χ4v) is 3.68. The largest absolute Gasteiger partial charge is 0.494 e. The predicted molar refractivity (Wildman–Crippen MR) is 106 cm³/mol. The molecule has 148 valence electrons. The Bertz CT molecular complexity index is 993. The number of hydroxylamine groups is 1. The van der Waals surface area contributed by atoms with Crippen LogP contribution in [0.4, 0.5) is 15.8 Å². The summed E-state index contributed by atoms with van der Waals surface area (Å²) in [5, 5.41) is 12.4. The molecule has 28 heavy (non-hydrogen) atoms. The number of thiophene rings is 1. The molecule has 2 heterocycles. The zero-order valence-corrected chi connectivity index (χ0v) is 16.2. The summed E-state index contributed by atoms with van der Waals surface area (Å²) in [6.07, 6.45) is 3.53. The van der Waals surface area contributed by atoms with Gasteiger partial charge >= 0.3 is 0 Å². The third kappa shape index (κ3) is 4.22. The van der Waals surface area contributed by atoms with Gasteiger partial charge in [-0.05, 0) is 31.0 Å². The molecule has 0 bridgehead atoms. The minimum atomic E-state index is -0.490. The maximum absolute atomic E-state index is 14.4. The minimum Gasteiger partial charge on any atom is -0.494 e. The van der Waals surface area contributed by atoms with E-state index in [9.17, 15) is 9.18 Å². The number of aryl methyl sites for hydroxylation is 1. The number of aromatic nitrogens is 1. The number of ether oxygens (including phenoxy) is 1. The van der Waals surface area contributed by atoms with E-state index in [1.54, 1.807) is 31.5 Å². The Morgan fingerprint density at radius 2 is 2.18 bits per heavy atom. The molecule has 3 aromatic rings. The number of pyridine rings is 1. The summed E-state index contributed by atoms with van der Waals surface area (Å²) in [4.78, 5) is 22.2. The van der Waals surface area contributed by atoms with Crippen molar-refractivity contribution in [2.45, 2.75) is 13.3 Å². The second-order valence-electron chi connectivity index (χ2n) is 5.99. The monoisotopic (exact) mass is 405 g/mol. The lowest BCUT2D eigenvalue weighted by Crippen LogP contribution is -2.24. The van der Waals surface area contributed by atoms with Gasteiger partial charge < -0.3 is 15.2 Å². The normalized spacial score (nSPS) is 10.9. The summed E-state index contributed by atoms with van der Waals surface area (Å²) in [5.74, 6) is -0.410. The predicted octanol–water partition coefficient (Wildman–Crippen LogP) is 3.54. The van der Waals surface area contributed by atoms with E-state index in [0.717, 1.165) is 5.56 Å². The van der Waals surface area contributed by atoms with Crippen LogP contribution in [0.1, 0.15) is 21.7 Å². The molecule has 0 saturated carbocycles. The average Bonchev–Trinajstić information content (AvgIpc) is 3.06. The van der Waals surface area contributed by atoms with Crippen LogP contribution in [0.15, 0.2) is 30.6 Å². The van der Waals surface area contributed by atoms with E-state index in [-0.39, 0.29) is 18.9 Å². The average molecular weight is 405 g/mol. The number of methoxy groups -OCH3 is 1. The number of halogens is 1. The van der Waals surface area contributed by atoms with Crippen LogP contribution in [-0.2, 0) is 4.84 Å². The first-order valence-electron chi connectivity index (χ1n) is 8.55. The first kappa shape index (κ1) is 20.0. The van der Waals surface area contributed by atoms with Gasteiger partial charge in [0.1, 0.15) is 10.7 Å². The van der Waals surface area contributed by atoms with Gasteiger partial charge in [-0.15, -0.1) is 11.3 Å². The summed E-state index contributed by atoms with van der Waals surface area (Å²) >= 11 is 1.18. The van der Waals surface area contributed by atoms with Gasteiger partial charge in [-0.2, -0.15) is 0 Å². The molecule has 2 aromatic heterocycles. The van der Waals surface area contributed by atoms with Gasteiger partial charge in [0.05, 0.1) is 36.0 Å². The van der Waals surface area contributed by atoms with Crippen molar-refractivity contribution in [1.29, 1.82) is 0 Å². The highest BCUT2D eigenvalue weighted by Gasteiger charge is 2.22. The highest BCUT2D eigenvalue weighted by atomic mass is 32.1. The molecule has 0 unspecified atom stereocenters. The Kier molecular flexibility index (Phi) is 6.40. The van der Waals surface area contributed by atoms with Crippen LogP contribution in [-0.4, -0.2) is 36.3 Å². The summed E-state index contributed by atoms with van der Waals surface area (Å²) < 4.78 is 20.4. The number of rotatable bonds is 8. The Labute approximate surface area is 165 Å². The lowest BCUT2D eigenvalue weighted by Gasteiger charge is -2.10. The zero-order chi connectivity index (χ0) is 20.1. The quantitative estimate of drug-likeness (QED) is 0.392.